The van der Waals surface area contributed by atoms with Crippen LogP contribution in [0.25, 0.3) is 0 Å². The van der Waals surface area contributed by atoms with E-state index in [-0.39, 0.29) is 6.61 Å². The predicted molar refractivity (Wildman–Crippen MR) is 119 cm³/mol. The van der Waals surface area contributed by atoms with E-state index in [1.165, 1.54) is 0 Å². The summed E-state index contributed by atoms with van der Waals surface area (Å²) in [5.74, 6) is 0. The van der Waals surface area contributed by atoms with Crippen LogP contribution >= 0.6 is 0 Å². The van der Waals surface area contributed by atoms with Gasteiger partial charge in [0.2, 0.25) is 0 Å². The summed E-state index contributed by atoms with van der Waals surface area (Å²) < 4.78 is 0. The van der Waals surface area contributed by atoms with Crippen LogP contribution in [0.3, 0.4) is 0 Å². The fraction of sp³-hybridized carbons (Fsp3) is 0.100. The second-order valence-corrected chi connectivity index (χ2v) is 5.28. The van der Waals surface area contributed by atoms with E-state index in [4.69, 9.17) is 39.5 Å². The molecule has 0 saturated carbocycles. The maximum Gasteiger partial charge on any atom is 0.0547 e. The van der Waals surface area contributed by atoms with E-state index in [2.05, 4.69) is 0 Å². The van der Waals surface area contributed by atoms with Crippen molar-refractivity contribution in [3.8, 4) is 0 Å². The number of nitrogens with two attached hydrogens (primary N) is 6. The zero-order valence-electron chi connectivity index (χ0n) is 15.5. The molecule has 0 fully saturated rings. The van der Waals surface area contributed by atoms with Crippen molar-refractivity contribution >= 4 is 34.1 Å². The van der Waals surface area contributed by atoms with Crippen LogP contribution in [0.15, 0.2) is 72.8 Å². The van der Waals surface area contributed by atoms with Gasteiger partial charge in [-0.05, 0) is 61.5 Å². The number of hydrogen-bond acceptors (Lipinski definition) is 7. The van der Waals surface area contributed by atoms with Crippen LogP contribution in [0.2, 0.25) is 0 Å². The average Bonchev–Trinajstić information content (AvgIpc) is 2.62. The van der Waals surface area contributed by atoms with Gasteiger partial charge >= 0.3 is 0 Å². The van der Waals surface area contributed by atoms with Gasteiger partial charge in [-0.2, -0.15) is 0 Å². The largest absolute Gasteiger partial charge is 0.399 e. The number of benzene rings is 3. The molecule has 0 amide bonds. The highest BCUT2D eigenvalue weighted by molar-refractivity contribution is 5.62. The van der Waals surface area contributed by atoms with Crippen LogP contribution in [-0.4, -0.2) is 11.7 Å². The molecule has 0 spiro atoms. The lowest BCUT2D eigenvalue weighted by Crippen LogP contribution is -1.91. The Morgan fingerprint density at radius 2 is 0.889 bits per heavy atom. The molecule has 0 aliphatic rings. The van der Waals surface area contributed by atoms with E-state index in [1.807, 2.05) is 18.2 Å². The van der Waals surface area contributed by atoms with Crippen LogP contribution in [-0.2, 0) is 0 Å². The lowest BCUT2D eigenvalue weighted by molar-refractivity contribution is 0.318. The first kappa shape index (κ1) is 23.4. The van der Waals surface area contributed by atoms with Crippen molar-refractivity contribution in [1.29, 1.82) is 0 Å². The third-order valence-electron chi connectivity index (χ3n) is 2.84. The predicted octanol–water partition coefficient (Wildman–Crippen LogP) is 2.55. The molecular weight excluding hydrogens is 340 g/mol. The van der Waals surface area contributed by atoms with Crippen molar-refractivity contribution in [2.24, 2.45) is 0 Å². The first-order valence-electron chi connectivity index (χ1n) is 8.23. The van der Waals surface area contributed by atoms with E-state index in [0.29, 0.717) is 22.7 Å². The molecule has 0 aliphatic carbocycles. The number of anilines is 6. The molecule has 146 valence electrons. The molecular formula is C20H30N6O. The molecule has 0 aliphatic heterocycles. The van der Waals surface area contributed by atoms with Gasteiger partial charge in [0, 0.05) is 29.4 Å². The smallest absolute Gasteiger partial charge is 0.0547 e. The Kier molecular flexibility index (Phi) is 11.9. The molecule has 0 saturated heterocycles. The zero-order valence-corrected chi connectivity index (χ0v) is 15.5. The Morgan fingerprint density at radius 1 is 0.556 bits per heavy atom. The van der Waals surface area contributed by atoms with Gasteiger partial charge in [-0.25, -0.2) is 0 Å². The Morgan fingerprint density at radius 3 is 1.11 bits per heavy atom. The second-order valence-electron chi connectivity index (χ2n) is 5.28. The van der Waals surface area contributed by atoms with Crippen LogP contribution in [0, 0.1) is 0 Å². The lowest BCUT2D eigenvalue weighted by Gasteiger charge is -1.94. The van der Waals surface area contributed by atoms with Crippen molar-refractivity contribution in [2.45, 2.75) is 6.92 Å². The summed E-state index contributed by atoms with van der Waals surface area (Å²) in [6, 6.07) is 21.5. The Hall–Kier alpha value is -3.58. The molecule has 0 atom stereocenters. The molecule has 27 heavy (non-hydrogen) atoms. The summed E-state index contributed by atoms with van der Waals surface area (Å²) in [5.41, 5.74) is 36.5. The molecule has 3 rings (SSSR count). The third kappa shape index (κ3) is 12.4. The third-order valence-corrected chi connectivity index (χ3v) is 2.84. The molecule has 3 aromatic carbocycles. The Balaban J connectivity index is 0.000000350. The highest BCUT2D eigenvalue weighted by atomic mass is 16.2. The topological polar surface area (TPSA) is 176 Å². The molecule has 3 aromatic rings. The Labute approximate surface area is 160 Å². The van der Waals surface area contributed by atoms with Crippen LogP contribution in [0.1, 0.15) is 6.92 Å². The highest BCUT2D eigenvalue weighted by Gasteiger charge is 1.85. The van der Waals surface area contributed by atoms with Crippen molar-refractivity contribution in [3.05, 3.63) is 72.8 Å². The fourth-order valence-corrected chi connectivity index (χ4v) is 1.57. The van der Waals surface area contributed by atoms with Gasteiger partial charge in [-0.15, -0.1) is 0 Å². The number of aliphatic hydroxyl groups excluding tert-OH is 1. The molecule has 0 unspecified atom stereocenters. The van der Waals surface area contributed by atoms with Gasteiger partial charge in [-0.1, -0.05) is 18.2 Å². The number of nitrogen functional groups attached to an aromatic ring is 6. The van der Waals surface area contributed by atoms with Crippen molar-refractivity contribution in [1.82, 2.24) is 0 Å². The standard InChI is InChI=1S/3C6H8N2.C2H6O/c7-5-1-2-6(8)4-3-5;7-5-2-1-3-6(8)4-5;7-5-3-1-2-4-6(5)8;1-2-3/h3*1-4H,7-8H2;3H,2H2,1H3. The van der Waals surface area contributed by atoms with E-state index in [9.17, 15) is 0 Å². The van der Waals surface area contributed by atoms with E-state index in [0.717, 1.165) is 11.4 Å². The van der Waals surface area contributed by atoms with Crippen LogP contribution in [0.5, 0.6) is 0 Å². The summed E-state index contributed by atoms with van der Waals surface area (Å²) >= 11 is 0. The zero-order chi connectivity index (χ0) is 20.7. The summed E-state index contributed by atoms with van der Waals surface area (Å²) in [6.07, 6.45) is 0. The minimum absolute atomic E-state index is 0.250. The number of aliphatic hydroxyl groups is 1. The van der Waals surface area contributed by atoms with Gasteiger partial charge in [0.1, 0.15) is 0 Å². The summed E-state index contributed by atoms with van der Waals surface area (Å²) in [6.45, 7) is 1.93. The maximum atomic E-state index is 7.57. The first-order chi connectivity index (χ1) is 12.8. The SMILES string of the molecule is CCO.Nc1ccc(N)cc1.Nc1cccc(N)c1.Nc1ccccc1N. The monoisotopic (exact) mass is 370 g/mol. The summed E-state index contributed by atoms with van der Waals surface area (Å²) in [4.78, 5) is 0. The minimum Gasteiger partial charge on any atom is -0.399 e. The number of rotatable bonds is 0. The van der Waals surface area contributed by atoms with Crippen LogP contribution < -0.4 is 34.4 Å². The van der Waals surface area contributed by atoms with E-state index in [1.54, 1.807) is 61.5 Å². The van der Waals surface area contributed by atoms with Crippen LogP contribution in [0.4, 0.5) is 34.1 Å². The maximum absolute atomic E-state index is 7.57. The summed E-state index contributed by atoms with van der Waals surface area (Å²) in [7, 11) is 0. The first-order valence-corrected chi connectivity index (χ1v) is 8.23. The van der Waals surface area contributed by atoms with Crippen molar-refractivity contribution in [3.63, 3.8) is 0 Å². The quantitative estimate of drug-likeness (QED) is 0.297. The lowest BCUT2D eigenvalue weighted by atomic mass is 10.3. The van der Waals surface area contributed by atoms with Gasteiger partial charge < -0.3 is 39.5 Å². The normalized spacial score (nSPS) is 8.67. The van der Waals surface area contributed by atoms with Gasteiger partial charge in [-0.3, -0.25) is 0 Å². The van der Waals surface area contributed by atoms with Crippen molar-refractivity contribution < 1.29 is 5.11 Å². The second kappa shape index (κ2) is 13.7. The molecule has 7 nitrogen and oxygen atoms in total. The summed E-state index contributed by atoms with van der Waals surface area (Å²) in [5, 5.41) is 7.57. The molecule has 0 bridgehead atoms. The average molecular weight is 371 g/mol. The molecule has 7 heteroatoms. The van der Waals surface area contributed by atoms with E-state index < -0.39 is 0 Å². The minimum atomic E-state index is 0.250. The number of hydrogen-bond donors (Lipinski definition) is 7. The highest BCUT2D eigenvalue weighted by Crippen LogP contribution is 2.10. The van der Waals surface area contributed by atoms with Crippen molar-refractivity contribution in [2.75, 3.05) is 41.0 Å². The fourth-order valence-electron chi connectivity index (χ4n) is 1.57. The van der Waals surface area contributed by atoms with E-state index >= 15 is 0 Å². The molecule has 0 radical (unpaired) electrons. The molecule has 13 N–H and O–H groups in total. The molecule has 0 heterocycles. The van der Waals surface area contributed by atoms with Gasteiger partial charge in [0.15, 0.2) is 0 Å². The Bertz CT molecular complexity index is 703. The molecule has 0 aromatic heterocycles. The number of para-hydroxylation sites is 2. The van der Waals surface area contributed by atoms with Gasteiger partial charge in [0.05, 0.1) is 11.4 Å². The van der Waals surface area contributed by atoms with Gasteiger partial charge in [0.25, 0.3) is 0 Å².